The topological polar surface area (TPSA) is 94.3 Å². The second kappa shape index (κ2) is 9.63. The van der Waals surface area contributed by atoms with Crippen LogP contribution < -0.4 is 5.56 Å². The van der Waals surface area contributed by atoms with E-state index in [1.165, 1.54) is 30.3 Å². The first-order valence-electron chi connectivity index (χ1n) is 10.3. The zero-order valence-electron chi connectivity index (χ0n) is 17.3. The van der Waals surface area contributed by atoms with Crippen LogP contribution in [0.2, 0.25) is 0 Å². The summed E-state index contributed by atoms with van der Waals surface area (Å²) >= 11 is 0. The molecule has 0 unspecified atom stereocenters. The fourth-order valence-electron chi connectivity index (χ4n) is 3.63. The molecule has 33 heavy (non-hydrogen) atoms. The number of ketones is 1. The number of aliphatic hydroxyl groups is 1. The standard InChI is InChI=1S/C23H20F3N3O4/c24-15-2-1-3-16(9-15)29-23(32)17(21(31)8-14-12-33-7-6-20(14)30)10-19(28-29)13-4-5-18(22(25)26)27-11-13/h1-5,9-11,14,20,22,30H,6-8,12H2/t14-,20-/m0/s1. The van der Waals surface area contributed by atoms with Crippen molar-refractivity contribution in [1.82, 2.24) is 14.8 Å². The van der Waals surface area contributed by atoms with Gasteiger partial charge >= 0.3 is 0 Å². The smallest absolute Gasteiger partial charge is 0.282 e. The van der Waals surface area contributed by atoms with E-state index in [1.54, 1.807) is 0 Å². The summed E-state index contributed by atoms with van der Waals surface area (Å²) in [5, 5.41) is 14.4. The average molecular weight is 459 g/mol. The van der Waals surface area contributed by atoms with Crippen LogP contribution in [-0.2, 0) is 4.74 Å². The fourth-order valence-corrected chi connectivity index (χ4v) is 3.63. The molecule has 172 valence electrons. The van der Waals surface area contributed by atoms with Crippen LogP contribution >= 0.6 is 0 Å². The molecule has 1 aliphatic heterocycles. The summed E-state index contributed by atoms with van der Waals surface area (Å²) in [4.78, 5) is 29.9. The quantitative estimate of drug-likeness (QED) is 0.569. The van der Waals surface area contributed by atoms with Crippen LogP contribution in [0.5, 0.6) is 0 Å². The Labute approximate surface area is 186 Å². The number of nitrogens with zero attached hydrogens (tertiary/aromatic N) is 3. The number of hydrogen-bond acceptors (Lipinski definition) is 6. The number of Topliss-reactive ketones (excluding diaryl/α,β-unsaturated/α-hetero) is 1. The van der Waals surface area contributed by atoms with Crippen molar-refractivity contribution in [1.29, 1.82) is 0 Å². The lowest BCUT2D eigenvalue weighted by Gasteiger charge is -2.27. The lowest BCUT2D eigenvalue weighted by atomic mass is 9.91. The van der Waals surface area contributed by atoms with Gasteiger partial charge in [-0.15, -0.1) is 0 Å². The predicted octanol–water partition coefficient (Wildman–Crippen LogP) is 3.34. The molecule has 0 saturated carbocycles. The van der Waals surface area contributed by atoms with E-state index in [4.69, 9.17) is 4.74 Å². The third kappa shape index (κ3) is 5.01. The van der Waals surface area contributed by atoms with Gasteiger partial charge in [0.05, 0.1) is 29.7 Å². The van der Waals surface area contributed by atoms with Crippen LogP contribution in [0.3, 0.4) is 0 Å². The number of pyridine rings is 1. The first-order chi connectivity index (χ1) is 15.8. The Balaban J connectivity index is 1.79. The molecule has 4 rings (SSSR count). The molecule has 2 aromatic heterocycles. The average Bonchev–Trinajstić information content (AvgIpc) is 2.80. The van der Waals surface area contributed by atoms with Gasteiger partial charge in [-0.05, 0) is 42.8 Å². The molecule has 7 nitrogen and oxygen atoms in total. The lowest BCUT2D eigenvalue weighted by Crippen LogP contribution is -2.35. The third-order valence-corrected chi connectivity index (χ3v) is 5.45. The minimum Gasteiger partial charge on any atom is -0.393 e. The Hall–Kier alpha value is -3.37. The van der Waals surface area contributed by atoms with Crippen molar-refractivity contribution in [3.8, 4) is 16.9 Å². The second-order valence-corrected chi connectivity index (χ2v) is 7.73. The summed E-state index contributed by atoms with van der Waals surface area (Å²) in [6.45, 7) is 0.571. The van der Waals surface area contributed by atoms with E-state index in [9.17, 15) is 27.9 Å². The Kier molecular flexibility index (Phi) is 6.66. The first kappa shape index (κ1) is 22.8. The Morgan fingerprint density at radius 3 is 2.73 bits per heavy atom. The van der Waals surface area contributed by atoms with Gasteiger partial charge in [0.15, 0.2) is 5.78 Å². The number of carbonyl (C=O) groups is 1. The maximum atomic E-state index is 13.8. The summed E-state index contributed by atoms with van der Waals surface area (Å²) in [5.41, 5.74) is -0.915. The zero-order valence-corrected chi connectivity index (χ0v) is 17.3. The van der Waals surface area contributed by atoms with Gasteiger partial charge in [0, 0.05) is 30.7 Å². The highest BCUT2D eigenvalue weighted by Crippen LogP contribution is 2.24. The minimum absolute atomic E-state index is 0.0918. The van der Waals surface area contributed by atoms with E-state index in [0.29, 0.717) is 18.6 Å². The number of halogens is 3. The molecule has 0 amide bonds. The molecule has 0 radical (unpaired) electrons. The number of aliphatic hydroxyl groups excluding tert-OH is 1. The van der Waals surface area contributed by atoms with Crippen molar-refractivity contribution in [2.75, 3.05) is 13.2 Å². The van der Waals surface area contributed by atoms with E-state index in [-0.39, 0.29) is 30.0 Å². The summed E-state index contributed by atoms with van der Waals surface area (Å²) in [6, 6.07) is 8.86. The molecular weight excluding hydrogens is 439 g/mol. The number of rotatable bonds is 6. The van der Waals surface area contributed by atoms with Crippen LogP contribution in [0.1, 0.15) is 35.3 Å². The Morgan fingerprint density at radius 2 is 2.06 bits per heavy atom. The predicted molar refractivity (Wildman–Crippen MR) is 112 cm³/mol. The second-order valence-electron chi connectivity index (χ2n) is 7.73. The van der Waals surface area contributed by atoms with E-state index >= 15 is 0 Å². The zero-order chi connectivity index (χ0) is 23.5. The van der Waals surface area contributed by atoms with Crippen LogP contribution in [0.4, 0.5) is 13.2 Å². The summed E-state index contributed by atoms with van der Waals surface area (Å²) in [5.74, 6) is -1.62. The number of hydrogen-bond donors (Lipinski definition) is 1. The molecule has 2 atom stereocenters. The van der Waals surface area contributed by atoms with E-state index < -0.39 is 41.3 Å². The number of ether oxygens (including phenoxy) is 1. The largest absolute Gasteiger partial charge is 0.393 e. The van der Waals surface area contributed by atoms with Gasteiger partial charge in [0.25, 0.3) is 12.0 Å². The molecule has 10 heteroatoms. The molecule has 1 N–H and O–H groups in total. The number of aromatic nitrogens is 3. The Morgan fingerprint density at radius 1 is 1.24 bits per heavy atom. The monoisotopic (exact) mass is 459 g/mol. The van der Waals surface area contributed by atoms with Gasteiger partial charge in [-0.25, -0.2) is 13.2 Å². The third-order valence-electron chi connectivity index (χ3n) is 5.45. The van der Waals surface area contributed by atoms with Gasteiger partial charge in [-0.2, -0.15) is 9.78 Å². The fraction of sp³-hybridized carbons (Fsp3) is 0.304. The number of alkyl halides is 2. The highest BCUT2D eigenvalue weighted by Gasteiger charge is 2.28. The van der Waals surface area contributed by atoms with Gasteiger partial charge < -0.3 is 9.84 Å². The van der Waals surface area contributed by atoms with Gasteiger partial charge in [-0.1, -0.05) is 6.07 Å². The van der Waals surface area contributed by atoms with Crippen molar-refractivity contribution in [2.45, 2.75) is 25.4 Å². The van der Waals surface area contributed by atoms with E-state index in [0.717, 1.165) is 23.0 Å². The van der Waals surface area contributed by atoms with Gasteiger partial charge in [0.1, 0.15) is 11.5 Å². The maximum absolute atomic E-state index is 13.8. The molecule has 1 saturated heterocycles. The highest BCUT2D eigenvalue weighted by atomic mass is 19.3. The molecular formula is C23H20F3N3O4. The summed E-state index contributed by atoms with van der Waals surface area (Å²) in [7, 11) is 0. The number of benzene rings is 1. The molecule has 1 fully saturated rings. The summed E-state index contributed by atoms with van der Waals surface area (Å²) < 4.78 is 45.8. The van der Waals surface area contributed by atoms with Crippen LogP contribution in [0.15, 0.2) is 53.5 Å². The minimum atomic E-state index is -2.76. The van der Waals surface area contributed by atoms with Crippen molar-refractivity contribution >= 4 is 5.78 Å². The number of carbonyl (C=O) groups excluding carboxylic acids is 1. The van der Waals surface area contributed by atoms with Gasteiger partial charge in [-0.3, -0.25) is 14.6 Å². The lowest BCUT2D eigenvalue weighted by molar-refractivity contribution is -0.0357. The van der Waals surface area contributed by atoms with Crippen LogP contribution in [0, 0.1) is 11.7 Å². The van der Waals surface area contributed by atoms with Crippen molar-refractivity contribution in [2.24, 2.45) is 5.92 Å². The van der Waals surface area contributed by atoms with Crippen molar-refractivity contribution in [3.05, 3.63) is 76.1 Å². The molecule has 3 aromatic rings. The maximum Gasteiger partial charge on any atom is 0.282 e. The van der Waals surface area contributed by atoms with E-state index in [2.05, 4.69) is 10.1 Å². The molecule has 1 aromatic carbocycles. The molecule has 0 aliphatic carbocycles. The van der Waals surface area contributed by atoms with Crippen molar-refractivity contribution in [3.63, 3.8) is 0 Å². The highest BCUT2D eigenvalue weighted by molar-refractivity contribution is 5.96. The molecule has 1 aliphatic rings. The molecule has 0 bridgehead atoms. The molecule has 0 spiro atoms. The van der Waals surface area contributed by atoms with Crippen molar-refractivity contribution < 1.29 is 27.8 Å². The summed E-state index contributed by atoms with van der Waals surface area (Å²) in [6.07, 6.45) is -2.08. The van der Waals surface area contributed by atoms with Crippen LogP contribution in [0.25, 0.3) is 16.9 Å². The Bertz CT molecular complexity index is 1210. The first-order valence-corrected chi connectivity index (χ1v) is 10.3. The van der Waals surface area contributed by atoms with E-state index in [1.807, 2.05) is 0 Å². The SMILES string of the molecule is O=C(C[C@H]1COCC[C@@H]1O)c1cc(-c2ccc(C(F)F)nc2)nn(-c2cccc(F)c2)c1=O. The van der Waals surface area contributed by atoms with Crippen LogP contribution in [-0.4, -0.2) is 45.0 Å². The normalized spacial score (nSPS) is 18.5. The van der Waals surface area contributed by atoms with Gasteiger partial charge in [0.2, 0.25) is 0 Å². The molecule has 3 heterocycles.